The summed E-state index contributed by atoms with van der Waals surface area (Å²) in [4.78, 5) is 1.45. The van der Waals surface area contributed by atoms with Crippen LogP contribution < -0.4 is 16.4 Å². The van der Waals surface area contributed by atoms with Crippen LogP contribution >= 0.6 is 12.2 Å². The van der Waals surface area contributed by atoms with Crippen molar-refractivity contribution < 1.29 is 8.42 Å². The van der Waals surface area contributed by atoms with Crippen molar-refractivity contribution >= 4 is 26.6 Å². The smallest absolute Gasteiger partial charge is 0.278 e. The van der Waals surface area contributed by atoms with E-state index >= 15 is 0 Å². The second-order valence-corrected chi connectivity index (χ2v) is 3.32. The van der Waals surface area contributed by atoms with Crippen LogP contribution in [-0.2, 0) is 10.0 Å². The van der Waals surface area contributed by atoms with Crippen molar-refractivity contribution in [2.24, 2.45) is 11.6 Å². The van der Waals surface area contributed by atoms with Crippen molar-refractivity contribution in [2.45, 2.75) is 0 Å². The molecule has 0 spiro atoms. The Labute approximate surface area is 52.1 Å². The van der Waals surface area contributed by atoms with Gasteiger partial charge < -0.3 is 5.73 Å². The molecule has 0 aliphatic carbocycles. The van der Waals surface area contributed by atoms with Crippen LogP contribution in [0.1, 0.15) is 0 Å². The van der Waals surface area contributed by atoms with Crippen LogP contribution in [0.4, 0.5) is 0 Å². The largest absolute Gasteiger partial charge is 0.379 e. The lowest BCUT2D eigenvalue weighted by molar-refractivity contribution is 0.596. The molecular formula is CH5N3O2S2. The molecule has 8 heavy (non-hydrogen) atoms. The molecule has 5 N–H and O–H groups in total. The Morgan fingerprint density at radius 3 is 2.00 bits per heavy atom. The van der Waals surface area contributed by atoms with Crippen molar-refractivity contribution in [3.8, 4) is 0 Å². The van der Waals surface area contributed by atoms with Crippen LogP contribution in [0.3, 0.4) is 0 Å². The van der Waals surface area contributed by atoms with E-state index in [0.717, 1.165) is 0 Å². The molecule has 0 saturated heterocycles. The summed E-state index contributed by atoms with van der Waals surface area (Å²) in [7, 11) is -3.70. The molecule has 0 amide bonds. The maximum absolute atomic E-state index is 10.2. The lowest BCUT2D eigenvalue weighted by Crippen LogP contribution is -2.38. The van der Waals surface area contributed by atoms with Crippen LogP contribution in [0.15, 0.2) is 0 Å². The summed E-state index contributed by atoms with van der Waals surface area (Å²) in [5.74, 6) is 4.50. The first kappa shape index (κ1) is 7.76. The zero-order valence-corrected chi connectivity index (χ0v) is 5.42. The highest BCUT2D eigenvalue weighted by molar-refractivity contribution is 8.15. The molecule has 48 valence electrons. The zero-order chi connectivity index (χ0) is 6.78. The first-order valence-electron chi connectivity index (χ1n) is 1.52. The predicted octanol–water partition coefficient (Wildman–Crippen LogP) is -1.98. The highest BCUT2D eigenvalue weighted by Gasteiger charge is 2.08. The van der Waals surface area contributed by atoms with E-state index in [0.29, 0.717) is 0 Å². The summed E-state index contributed by atoms with van der Waals surface area (Å²) >= 11 is 4.08. The van der Waals surface area contributed by atoms with Gasteiger partial charge in [-0.1, -0.05) is 0 Å². The zero-order valence-electron chi connectivity index (χ0n) is 3.79. The van der Waals surface area contributed by atoms with Gasteiger partial charge in [-0.05, 0) is 12.2 Å². The van der Waals surface area contributed by atoms with E-state index in [1.807, 2.05) is 0 Å². The van der Waals surface area contributed by atoms with E-state index in [4.69, 9.17) is 0 Å². The lowest BCUT2D eigenvalue weighted by Gasteiger charge is -1.94. The highest BCUT2D eigenvalue weighted by atomic mass is 32.2. The Kier molecular flexibility index (Phi) is 2.28. The number of rotatable bonds is 1. The number of nitrogens with two attached hydrogens (primary N) is 2. The van der Waals surface area contributed by atoms with Crippen LogP contribution in [0.25, 0.3) is 0 Å². The van der Waals surface area contributed by atoms with E-state index in [-0.39, 0.29) is 0 Å². The number of sulfonamides is 1. The summed E-state index contributed by atoms with van der Waals surface area (Å²) in [5.41, 5.74) is 4.68. The van der Waals surface area contributed by atoms with Crippen LogP contribution in [0.2, 0.25) is 0 Å². The molecule has 0 aliphatic rings. The van der Waals surface area contributed by atoms with Crippen molar-refractivity contribution in [1.82, 2.24) is 4.83 Å². The van der Waals surface area contributed by atoms with E-state index < -0.39 is 14.3 Å². The fourth-order valence-corrected chi connectivity index (χ4v) is 0.319. The molecule has 0 atom stereocenters. The number of hydrogen-bond donors (Lipinski definition) is 3. The molecule has 5 nitrogen and oxygen atoms in total. The molecule has 0 rings (SSSR count). The number of hydrazine groups is 1. The van der Waals surface area contributed by atoms with E-state index in [1.165, 1.54) is 4.83 Å². The second-order valence-electron chi connectivity index (χ2n) is 0.940. The van der Waals surface area contributed by atoms with E-state index in [9.17, 15) is 8.42 Å². The second kappa shape index (κ2) is 2.35. The third kappa shape index (κ3) is 1.70. The van der Waals surface area contributed by atoms with Crippen LogP contribution in [0, 0.1) is 0 Å². The summed E-state index contributed by atoms with van der Waals surface area (Å²) in [5, 5.41) is 0. The average molecular weight is 155 g/mol. The monoisotopic (exact) mass is 155 g/mol. The van der Waals surface area contributed by atoms with Gasteiger partial charge in [0.25, 0.3) is 10.0 Å². The third-order valence-corrected chi connectivity index (χ3v) is 1.92. The molecule has 0 unspecified atom stereocenters. The topological polar surface area (TPSA) is 98.2 Å². The predicted molar refractivity (Wildman–Crippen MR) is 33.0 cm³/mol. The Morgan fingerprint density at radius 1 is 1.62 bits per heavy atom. The number of hydrogen-bond acceptors (Lipinski definition) is 4. The van der Waals surface area contributed by atoms with Crippen LogP contribution in [0.5, 0.6) is 0 Å². The number of nitrogens with one attached hydrogen (secondary N) is 1. The summed E-state index contributed by atoms with van der Waals surface area (Å²) in [6, 6.07) is 0. The maximum Gasteiger partial charge on any atom is 0.278 e. The van der Waals surface area contributed by atoms with Gasteiger partial charge >= 0.3 is 0 Å². The SMILES string of the molecule is NNS(=O)(=O)C(N)=S. The van der Waals surface area contributed by atoms with Gasteiger partial charge in [-0.15, -0.1) is 4.83 Å². The molecule has 0 radical (unpaired) electrons. The van der Waals surface area contributed by atoms with Crippen LogP contribution in [-0.4, -0.2) is 12.7 Å². The van der Waals surface area contributed by atoms with Crippen molar-refractivity contribution in [1.29, 1.82) is 0 Å². The quantitative estimate of drug-likeness (QED) is 0.232. The van der Waals surface area contributed by atoms with E-state index in [2.05, 4.69) is 23.8 Å². The minimum absolute atomic E-state index is 0.653. The Bertz CT molecular complexity index is 181. The molecule has 0 aromatic carbocycles. The molecule has 0 saturated carbocycles. The minimum atomic E-state index is -3.70. The molecule has 0 fully saturated rings. The average Bonchev–Trinajstić information content (AvgIpc) is 1.67. The molecule has 0 aliphatic heterocycles. The van der Waals surface area contributed by atoms with E-state index in [1.54, 1.807) is 0 Å². The maximum atomic E-state index is 10.2. The van der Waals surface area contributed by atoms with Gasteiger partial charge in [0, 0.05) is 0 Å². The molecule has 0 bridgehead atoms. The third-order valence-electron chi connectivity index (χ3n) is 0.420. The molecule has 7 heteroatoms. The van der Waals surface area contributed by atoms with Gasteiger partial charge in [0.2, 0.25) is 4.32 Å². The van der Waals surface area contributed by atoms with Gasteiger partial charge in [0.15, 0.2) is 0 Å². The van der Waals surface area contributed by atoms with Crippen molar-refractivity contribution in [3.63, 3.8) is 0 Å². The molecule has 0 aromatic heterocycles. The lowest BCUT2D eigenvalue weighted by atomic mass is 11.5. The summed E-state index contributed by atoms with van der Waals surface area (Å²) in [6.45, 7) is 0. The normalized spacial score (nSPS) is 11.1. The fraction of sp³-hybridized carbons (Fsp3) is 0. The Balaban J connectivity index is 4.42. The summed E-state index contributed by atoms with van der Waals surface area (Å²) < 4.78 is 19.7. The standard InChI is InChI=1S/CH5N3O2S2/c2-1(7)8(5,6)4-3/h4H,3H2,(H2,2,7). The van der Waals surface area contributed by atoms with Gasteiger partial charge in [-0.2, -0.15) is 0 Å². The first-order valence-corrected chi connectivity index (χ1v) is 3.41. The fourth-order valence-electron chi connectivity index (χ4n) is 0.0581. The Hall–Kier alpha value is -0.240. The van der Waals surface area contributed by atoms with Gasteiger partial charge in [-0.3, -0.25) is 5.84 Å². The van der Waals surface area contributed by atoms with Crippen molar-refractivity contribution in [2.75, 3.05) is 0 Å². The highest BCUT2D eigenvalue weighted by Crippen LogP contribution is 1.76. The van der Waals surface area contributed by atoms with Gasteiger partial charge in [0.1, 0.15) is 0 Å². The van der Waals surface area contributed by atoms with Gasteiger partial charge in [0.05, 0.1) is 0 Å². The summed E-state index contributed by atoms with van der Waals surface area (Å²) in [6.07, 6.45) is 0. The molecule has 0 aromatic rings. The number of thiocarbonyl (C=S) groups is 1. The van der Waals surface area contributed by atoms with Crippen molar-refractivity contribution in [3.05, 3.63) is 0 Å². The Morgan fingerprint density at radius 2 is 2.00 bits per heavy atom. The molecular weight excluding hydrogens is 150 g/mol. The minimum Gasteiger partial charge on any atom is -0.379 e. The molecule has 0 heterocycles. The first-order chi connectivity index (χ1) is 3.50. The van der Waals surface area contributed by atoms with Gasteiger partial charge in [-0.25, -0.2) is 8.42 Å².